The highest BCUT2D eigenvalue weighted by atomic mass is 15.3. The summed E-state index contributed by atoms with van der Waals surface area (Å²) in [5.74, 6) is 0. The molecular weight excluding hydrogens is 350 g/mol. The molecule has 3 aromatic rings. The summed E-state index contributed by atoms with van der Waals surface area (Å²) in [6.07, 6.45) is 5.67. The number of rotatable bonds is 6. The third kappa shape index (κ3) is 4.25. The lowest BCUT2D eigenvalue weighted by Gasteiger charge is -2.35. The van der Waals surface area contributed by atoms with Crippen molar-refractivity contribution >= 4 is 5.69 Å². The average Bonchev–Trinajstić information content (AvgIpc) is 3.31. The number of hydrogen-bond donors (Lipinski definition) is 1. The van der Waals surface area contributed by atoms with Gasteiger partial charge in [0.1, 0.15) is 12.7 Å². The zero-order valence-corrected chi connectivity index (χ0v) is 16.9. The summed E-state index contributed by atoms with van der Waals surface area (Å²) >= 11 is 0. The molecule has 1 aliphatic heterocycles. The highest BCUT2D eigenvalue weighted by Crippen LogP contribution is 2.22. The summed E-state index contributed by atoms with van der Waals surface area (Å²) in [5, 5.41) is 12.5. The largest absolute Gasteiger partial charge is 0.371 e. The van der Waals surface area contributed by atoms with Crippen molar-refractivity contribution in [3.63, 3.8) is 0 Å². The SMILES string of the molecule is Cc1cc(C)n(-c2ccc(N3CCC(N[C@@H](C)Cn4cncn4)CC3)cc2)n1. The first-order chi connectivity index (χ1) is 13.6. The molecule has 1 aliphatic rings. The van der Waals surface area contributed by atoms with E-state index in [0.29, 0.717) is 12.1 Å². The van der Waals surface area contributed by atoms with Crippen molar-refractivity contribution in [2.75, 3.05) is 18.0 Å². The van der Waals surface area contributed by atoms with E-state index in [1.807, 2.05) is 16.3 Å². The van der Waals surface area contributed by atoms with E-state index < -0.39 is 0 Å². The number of aryl methyl sites for hydroxylation is 2. The van der Waals surface area contributed by atoms with Gasteiger partial charge in [0.15, 0.2) is 0 Å². The van der Waals surface area contributed by atoms with Crippen molar-refractivity contribution in [3.8, 4) is 5.69 Å². The quantitative estimate of drug-likeness (QED) is 0.713. The zero-order chi connectivity index (χ0) is 19.5. The van der Waals surface area contributed by atoms with Crippen molar-refractivity contribution in [1.29, 1.82) is 0 Å². The van der Waals surface area contributed by atoms with Crippen molar-refractivity contribution in [1.82, 2.24) is 29.9 Å². The standard InChI is InChI=1S/C21H29N7/c1-16-12-18(3)28(25-16)21-6-4-20(5-7-21)26-10-8-19(9-11-26)24-17(2)13-27-15-22-14-23-27/h4-7,12,14-15,17,19,24H,8-11,13H2,1-3H3/t17-/m0/s1. The van der Waals surface area contributed by atoms with Gasteiger partial charge in [0.05, 0.1) is 17.9 Å². The molecule has 0 spiro atoms. The third-order valence-corrected chi connectivity index (χ3v) is 5.41. The molecule has 2 aromatic heterocycles. The molecule has 28 heavy (non-hydrogen) atoms. The van der Waals surface area contributed by atoms with E-state index in [1.54, 1.807) is 12.7 Å². The molecule has 7 nitrogen and oxygen atoms in total. The Bertz CT molecular complexity index is 874. The summed E-state index contributed by atoms with van der Waals surface area (Å²) < 4.78 is 3.89. The fourth-order valence-electron chi connectivity index (χ4n) is 4.06. The minimum absolute atomic E-state index is 0.387. The summed E-state index contributed by atoms with van der Waals surface area (Å²) in [4.78, 5) is 6.49. The Kier molecular flexibility index (Phi) is 5.43. The molecule has 0 saturated carbocycles. The van der Waals surface area contributed by atoms with Crippen LogP contribution in [0.4, 0.5) is 5.69 Å². The average molecular weight is 380 g/mol. The molecule has 0 bridgehead atoms. The van der Waals surface area contributed by atoms with Crippen LogP contribution >= 0.6 is 0 Å². The van der Waals surface area contributed by atoms with Gasteiger partial charge >= 0.3 is 0 Å². The van der Waals surface area contributed by atoms with Crippen LogP contribution in [0.25, 0.3) is 5.69 Å². The fraction of sp³-hybridized carbons (Fsp3) is 0.476. The van der Waals surface area contributed by atoms with Crippen LogP contribution in [0.3, 0.4) is 0 Å². The molecule has 1 atom stereocenters. The van der Waals surface area contributed by atoms with E-state index >= 15 is 0 Å². The first-order valence-electron chi connectivity index (χ1n) is 10.1. The van der Waals surface area contributed by atoms with Gasteiger partial charge in [-0.2, -0.15) is 10.2 Å². The Morgan fingerprint density at radius 2 is 1.82 bits per heavy atom. The Hall–Kier alpha value is -2.67. The van der Waals surface area contributed by atoms with Gasteiger partial charge < -0.3 is 10.2 Å². The van der Waals surface area contributed by atoms with Gasteiger partial charge in [-0.3, -0.25) is 4.68 Å². The number of nitrogens with one attached hydrogen (secondary N) is 1. The highest BCUT2D eigenvalue weighted by molar-refractivity contribution is 5.51. The molecule has 0 unspecified atom stereocenters. The van der Waals surface area contributed by atoms with Crippen molar-refractivity contribution < 1.29 is 0 Å². The minimum Gasteiger partial charge on any atom is -0.371 e. The predicted octanol–water partition coefficient (Wildman–Crippen LogP) is 2.73. The lowest BCUT2D eigenvalue weighted by molar-refractivity contribution is 0.348. The monoisotopic (exact) mass is 379 g/mol. The lowest BCUT2D eigenvalue weighted by atomic mass is 10.0. The summed E-state index contributed by atoms with van der Waals surface area (Å²) in [6.45, 7) is 9.35. The maximum Gasteiger partial charge on any atom is 0.137 e. The number of nitrogens with zero attached hydrogens (tertiary/aromatic N) is 6. The van der Waals surface area contributed by atoms with Gasteiger partial charge in [0.2, 0.25) is 0 Å². The number of benzene rings is 1. The molecular formula is C21H29N7. The molecule has 4 rings (SSSR count). The molecule has 7 heteroatoms. The van der Waals surface area contributed by atoms with Crippen molar-refractivity contribution in [2.45, 2.75) is 52.2 Å². The molecule has 1 fully saturated rings. The third-order valence-electron chi connectivity index (χ3n) is 5.41. The Morgan fingerprint density at radius 3 is 2.43 bits per heavy atom. The first kappa shape index (κ1) is 18.7. The molecule has 0 amide bonds. The van der Waals surface area contributed by atoms with E-state index in [4.69, 9.17) is 0 Å². The molecule has 1 N–H and O–H groups in total. The van der Waals surface area contributed by atoms with Crippen LogP contribution in [0.15, 0.2) is 43.0 Å². The van der Waals surface area contributed by atoms with Crippen LogP contribution in [0.1, 0.15) is 31.2 Å². The topological polar surface area (TPSA) is 63.8 Å². The highest BCUT2D eigenvalue weighted by Gasteiger charge is 2.21. The van der Waals surface area contributed by atoms with Gasteiger partial charge in [-0.15, -0.1) is 0 Å². The number of piperidine rings is 1. The van der Waals surface area contributed by atoms with Crippen LogP contribution < -0.4 is 10.2 Å². The van der Waals surface area contributed by atoms with Crippen molar-refractivity contribution in [3.05, 3.63) is 54.4 Å². The zero-order valence-electron chi connectivity index (χ0n) is 16.9. The maximum absolute atomic E-state index is 4.57. The molecule has 1 saturated heterocycles. The fourth-order valence-corrected chi connectivity index (χ4v) is 4.06. The van der Waals surface area contributed by atoms with E-state index in [2.05, 4.69) is 69.6 Å². The number of hydrogen-bond acceptors (Lipinski definition) is 5. The lowest BCUT2D eigenvalue weighted by Crippen LogP contribution is -2.46. The van der Waals surface area contributed by atoms with Crippen molar-refractivity contribution in [2.24, 2.45) is 0 Å². The van der Waals surface area contributed by atoms with E-state index in [-0.39, 0.29) is 0 Å². The van der Waals surface area contributed by atoms with Gasteiger partial charge in [0, 0.05) is 36.6 Å². The molecule has 1 aromatic carbocycles. The Labute approximate surface area is 166 Å². The summed E-state index contributed by atoms with van der Waals surface area (Å²) in [6, 6.07) is 11.8. The van der Waals surface area contributed by atoms with Crippen LogP contribution in [0, 0.1) is 13.8 Å². The molecule has 148 valence electrons. The van der Waals surface area contributed by atoms with Crippen LogP contribution in [0.2, 0.25) is 0 Å². The van der Waals surface area contributed by atoms with E-state index in [1.165, 1.54) is 5.69 Å². The van der Waals surface area contributed by atoms with Gasteiger partial charge in [-0.05, 0) is 63.9 Å². The normalized spacial score (nSPS) is 16.5. The van der Waals surface area contributed by atoms with Crippen LogP contribution in [-0.4, -0.2) is 49.7 Å². The molecule has 0 radical (unpaired) electrons. The second kappa shape index (κ2) is 8.14. The smallest absolute Gasteiger partial charge is 0.137 e. The first-order valence-corrected chi connectivity index (χ1v) is 10.1. The Morgan fingerprint density at radius 1 is 1.11 bits per heavy atom. The van der Waals surface area contributed by atoms with Crippen LogP contribution in [-0.2, 0) is 6.54 Å². The molecule has 0 aliphatic carbocycles. The predicted molar refractivity (Wildman–Crippen MR) is 111 cm³/mol. The van der Waals surface area contributed by atoms with E-state index in [9.17, 15) is 0 Å². The van der Waals surface area contributed by atoms with E-state index in [0.717, 1.165) is 49.6 Å². The van der Waals surface area contributed by atoms with Crippen LogP contribution in [0.5, 0.6) is 0 Å². The Balaban J connectivity index is 1.30. The van der Waals surface area contributed by atoms with Gasteiger partial charge in [0.25, 0.3) is 0 Å². The maximum atomic E-state index is 4.57. The second-order valence-electron chi connectivity index (χ2n) is 7.80. The van der Waals surface area contributed by atoms with Gasteiger partial charge in [-0.1, -0.05) is 0 Å². The van der Waals surface area contributed by atoms with Gasteiger partial charge in [-0.25, -0.2) is 9.67 Å². The number of aromatic nitrogens is 5. The number of anilines is 1. The minimum atomic E-state index is 0.387. The second-order valence-corrected chi connectivity index (χ2v) is 7.80. The summed E-state index contributed by atoms with van der Waals surface area (Å²) in [7, 11) is 0. The summed E-state index contributed by atoms with van der Waals surface area (Å²) in [5.41, 5.74) is 4.62. The molecule has 3 heterocycles.